The first-order valence-corrected chi connectivity index (χ1v) is 12.9. The second-order valence-corrected chi connectivity index (χ2v) is 8.78. The van der Waals surface area contributed by atoms with Crippen molar-refractivity contribution < 1.29 is 14.5 Å². The summed E-state index contributed by atoms with van der Waals surface area (Å²) in [7, 11) is 0. The maximum atomic E-state index is 13.8. The molecule has 1 atom stereocenters. The molecule has 1 amide bonds. The summed E-state index contributed by atoms with van der Waals surface area (Å²) in [4.78, 5) is 44.2. The number of hydrogen-bond acceptors (Lipinski definition) is 6. The summed E-state index contributed by atoms with van der Waals surface area (Å²) in [5.41, 5.74) is 1.61. The Hall–Kier alpha value is -4.79. The fourth-order valence-corrected chi connectivity index (χ4v) is 4.52. The predicted octanol–water partition coefficient (Wildman–Crippen LogP) is 5.71. The van der Waals surface area contributed by atoms with E-state index in [9.17, 15) is 19.7 Å². The molecule has 0 bridgehead atoms. The predicted molar refractivity (Wildman–Crippen MR) is 151 cm³/mol. The van der Waals surface area contributed by atoms with Crippen molar-refractivity contribution in [3.63, 3.8) is 0 Å². The number of nitro benzene ring substituents is 1. The first kappa shape index (κ1) is 27.3. The lowest BCUT2D eigenvalue weighted by molar-refractivity contribution is -0.384. The number of nitrogens with zero attached hydrogens (tertiary/aromatic N) is 4. The molecule has 1 aromatic heterocycles. The highest BCUT2D eigenvalue weighted by Crippen LogP contribution is 2.27. The minimum atomic E-state index is -0.493. The van der Waals surface area contributed by atoms with Crippen LogP contribution in [0.5, 0.6) is 5.75 Å². The van der Waals surface area contributed by atoms with Crippen LogP contribution in [0.4, 0.5) is 5.69 Å². The highest BCUT2D eigenvalue weighted by Gasteiger charge is 2.27. The lowest BCUT2D eigenvalue weighted by Gasteiger charge is -2.30. The van der Waals surface area contributed by atoms with E-state index < -0.39 is 11.0 Å². The third-order valence-electron chi connectivity index (χ3n) is 6.41. The molecule has 0 aliphatic rings. The summed E-state index contributed by atoms with van der Waals surface area (Å²) in [5.74, 6) is 0.894. The van der Waals surface area contributed by atoms with Crippen LogP contribution in [-0.4, -0.2) is 38.4 Å². The lowest BCUT2D eigenvalue weighted by atomic mass is 10.1. The van der Waals surface area contributed by atoms with Crippen molar-refractivity contribution in [2.24, 2.45) is 0 Å². The molecule has 4 rings (SSSR count). The molecule has 0 fully saturated rings. The molecule has 0 radical (unpaired) electrons. The van der Waals surface area contributed by atoms with Gasteiger partial charge >= 0.3 is 0 Å². The number of carbonyl (C=O) groups is 1. The summed E-state index contributed by atoms with van der Waals surface area (Å²) in [6, 6.07) is 19.9. The van der Waals surface area contributed by atoms with Gasteiger partial charge in [-0.05, 0) is 80.4 Å². The normalized spacial score (nSPS) is 12.0. The number of non-ortho nitro benzene ring substituents is 1. The van der Waals surface area contributed by atoms with Crippen LogP contribution < -0.4 is 10.3 Å². The van der Waals surface area contributed by atoms with Crippen molar-refractivity contribution in [2.75, 3.05) is 13.2 Å². The second kappa shape index (κ2) is 12.2. The Morgan fingerprint density at radius 3 is 2.36 bits per heavy atom. The first-order valence-electron chi connectivity index (χ1n) is 12.9. The number of likely N-dealkylation sites (N-methyl/N-ethyl adjacent to an activating group) is 1. The van der Waals surface area contributed by atoms with Gasteiger partial charge in [0.25, 0.3) is 11.2 Å². The number of hydrogen-bond donors (Lipinski definition) is 0. The van der Waals surface area contributed by atoms with Crippen molar-refractivity contribution in [2.45, 2.75) is 33.2 Å². The maximum absolute atomic E-state index is 13.8. The molecule has 0 saturated heterocycles. The standard InChI is InChI=1S/C30H30N4O5/c1-4-27(32(5-2)28(35)20-13-21-11-14-23(15-12-21)34(37)38)29-31-26-10-8-7-9-25(26)30(36)33(29)22-16-18-24(19-17-22)39-6-3/h7-20,27H,4-6H2,1-3H3/b20-13+. The minimum Gasteiger partial charge on any atom is -0.494 e. The molecule has 0 aliphatic heterocycles. The zero-order valence-electron chi connectivity index (χ0n) is 22.1. The van der Waals surface area contributed by atoms with Crippen molar-refractivity contribution >= 4 is 28.6 Å². The second-order valence-electron chi connectivity index (χ2n) is 8.78. The van der Waals surface area contributed by atoms with Gasteiger partial charge in [0.05, 0.1) is 34.2 Å². The van der Waals surface area contributed by atoms with Crippen molar-refractivity contribution in [1.82, 2.24) is 14.5 Å². The Labute approximate surface area is 226 Å². The van der Waals surface area contributed by atoms with E-state index in [1.807, 2.05) is 39.0 Å². The van der Waals surface area contributed by atoms with Crippen LogP contribution in [0.2, 0.25) is 0 Å². The third-order valence-corrected chi connectivity index (χ3v) is 6.41. The van der Waals surface area contributed by atoms with Gasteiger partial charge in [-0.1, -0.05) is 19.1 Å². The van der Waals surface area contributed by atoms with Gasteiger partial charge in [-0.25, -0.2) is 4.98 Å². The molecule has 1 heterocycles. The van der Waals surface area contributed by atoms with Crippen molar-refractivity contribution in [1.29, 1.82) is 0 Å². The molecule has 1 unspecified atom stereocenters. The Morgan fingerprint density at radius 2 is 1.74 bits per heavy atom. The van der Waals surface area contributed by atoms with Crippen LogP contribution in [0.1, 0.15) is 44.6 Å². The van der Waals surface area contributed by atoms with Crippen LogP contribution in [0.15, 0.2) is 83.7 Å². The van der Waals surface area contributed by atoms with Gasteiger partial charge in [0.1, 0.15) is 11.6 Å². The van der Waals surface area contributed by atoms with Crippen LogP contribution in [0.3, 0.4) is 0 Å². The van der Waals surface area contributed by atoms with E-state index in [0.717, 1.165) is 0 Å². The maximum Gasteiger partial charge on any atom is 0.269 e. The fourth-order valence-electron chi connectivity index (χ4n) is 4.52. The number of para-hydroxylation sites is 1. The molecular formula is C30H30N4O5. The molecule has 39 heavy (non-hydrogen) atoms. The lowest BCUT2D eigenvalue weighted by Crippen LogP contribution is -2.37. The quantitative estimate of drug-likeness (QED) is 0.149. The first-order chi connectivity index (χ1) is 18.9. The smallest absolute Gasteiger partial charge is 0.269 e. The third kappa shape index (κ3) is 5.87. The summed E-state index contributed by atoms with van der Waals surface area (Å²) < 4.78 is 7.14. The molecule has 9 nitrogen and oxygen atoms in total. The van der Waals surface area contributed by atoms with Crippen LogP contribution in [0.25, 0.3) is 22.7 Å². The fraction of sp³-hybridized carbons (Fsp3) is 0.233. The molecule has 200 valence electrons. The van der Waals surface area contributed by atoms with Crippen LogP contribution >= 0.6 is 0 Å². The number of fused-ring (bicyclic) bond motifs is 1. The van der Waals surface area contributed by atoms with E-state index in [2.05, 4.69) is 0 Å². The average molecular weight is 527 g/mol. The highest BCUT2D eigenvalue weighted by molar-refractivity contribution is 5.92. The molecule has 0 aliphatic carbocycles. The minimum absolute atomic E-state index is 0.0191. The van der Waals surface area contributed by atoms with Gasteiger partial charge in [-0.2, -0.15) is 0 Å². The van der Waals surface area contributed by atoms with Gasteiger partial charge in [0.2, 0.25) is 5.91 Å². The van der Waals surface area contributed by atoms with Gasteiger partial charge in [-0.15, -0.1) is 0 Å². The van der Waals surface area contributed by atoms with Gasteiger partial charge < -0.3 is 9.64 Å². The number of benzene rings is 3. The van der Waals surface area contributed by atoms with E-state index in [4.69, 9.17) is 9.72 Å². The van der Waals surface area contributed by atoms with Crippen molar-refractivity contribution in [3.8, 4) is 11.4 Å². The SMILES string of the molecule is CCOc1ccc(-n2c(C(CC)N(CC)C(=O)/C=C/c3ccc([N+](=O)[O-])cc3)nc3ccccc3c2=O)cc1. The van der Waals surface area contributed by atoms with Crippen LogP contribution in [-0.2, 0) is 4.79 Å². The van der Waals surface area contributed by atoms with E-state index in [0.29, 0.717) is 53.3 Å². The Morgan fingerprint density at radius 1 is 1.05 bits per heavy atom. The zero-order valence-corrected chi connectivity index (χ0v) is 22.1. The summed E-state index contributed by atoms with van der Waals surface area (Å²) in [6.45, 7) is 6.64. The summed E-state index contributed by atoms with van der Waals surface area (Å²) in [6.07, 6.45) is 3.58. The van der Waals surface area contributed by atoms with Gasteiger partial charge in [0.15, 0.2) is 0 Å². The number of nitro groups is 1. The average Bonchev–Trinajstić information content (AvgIpc) is 2.95. The Kier molecular flexibility index (Phi) is 8.50. The number of carbonyl (C=O) groups excluding carboxylic acids is 1. The number of rotatable bonds is 10. The van der Waals surface area contributed by atoms with E-state index in [1.165, 1.54) is 18.2 Å². The molecular weight excluding hydrogens is 496 g/mol. The van der Waals surface area contributed by atoms with E-state index in [-0.39, 0.29) is 17.2 Å². The summed E-state index contributed by atoms with van der Waals surface area (Å²) >= 11 is 0. The van der Waals surface area contributed by atoms with E-state index in [1.54, 1.807) is 58.0 Å². The zero-order chi connectivity index (χ0) is 27.9. The monoisotopic (exact) mass is 526 g/mol. The number of aromatic nitrogens is 2. The number of amides is 1. The summed E-state index contributed by atoms with van der Waals surface area (Å²) in [5, 5.41) is 11.4. The highest BCUT2D eigenvalue weighted by atomic mass is 16.6. The molecule has 3 aromatic carbocycles. The molecule has 0 spiro atoms. The largest absolute Gasteiger partial charge is 0.494 e. The van der Waals surface area contributed by atoms with Gasteiger partial charge in [0, 0.05) is 24.8 Å². The topological polar surface area (TPSA) is 108 Å². The van der Waals surface area contributed by atoms with E-state index >= 15 is 0 Å². The molecule has 9 heteroatoms. The van der Waals surface area contributed by atoms with Crippen molar-refractivity contribution in [3.05, 3.63) is 111 Å². The Balaban J connectivity index is 1.76. The van der Waals surface area contributed by atoms with Crippen LogP contribution in [0, 0.1) is 10.1 Å². The Bertz CT molecular complexity index is 1560. The number of ether oxygens (including phenoxy) is 1. The van der Waals surface area contributed by atoms with Gasteiger partial charge in [-0.3, -0.25) is 24.3 Å². The molecule has 4 aromatic rings. The molecule has 0 N–H and O–H groups in total. The molecule has 0 saturated carbocycles.